The highest BCUT2D eigenvalue weighted by atomic mass is 79.9. The van der Waals surface area contributed by atoms with Gasteiger partial charge in [0.25, 0.3) is 0 Å². The van der Waals surface area contributed by atoms with E-state index >= 15 is 0 Å². The Kier molecular flexibility index (Phi) is 4.20. The predicted octanol–water partition coefficient (Wildman–Crippen LogP) is 3.65. The van der Waals surface area contributed by atoms with E-state index in [9.17, 15) is 4.79 Å². The SMILES string of the molecule is CN1C(=N)N[C@](C)(c2cc(-c3cccc(C#N)c3)c(Br)s2)CC1=O. The fourth-order valence-electron chi connectivity index (χ4n) is 2.68. The van der Waals surface area contributed by atoms with Gasteiger partial charge < -0.3 is 5.32 Å². The van der Waals surface area contributed by atoms with Crippen LogP contribution in [0.15, 0.2) is 34.1 Å². The van der Waals surface area contributed by atoms with Gasteiger partial charge in [-0.3, -0.25) is 15.1 Å². The van der Waals surface area contributed by atoms with Crippen LogP contribution in [0.1, 0.15) is 23.8 Å². The monoisotopic (exact) mass is 402 g/mol. The number of hydrogen-bond acceptors (Lipinski definition) is 4. The van der Waals surface area contributed by atoms with Crippen LogP contribution >= 0.6 is 27.3 Å². The molecule has 1 aromatic carbocycles. The van der Waals surface area contributed by atoms with E-state index < -0.39 is 5.54 Å². The number of nitrogens with one attached hydrogen (secondary N) is 2. The maximum absolute atomic E-state index is 12.1. The largest absolute Gasteiger partial charge is 0.345 e. The van der Waals surface area contributed by atoms with Crippen LogP contribution in [0.3, 0.4) is 0 Å². The third kappa shape index (κ3) is 2.83. The number of carbonyl (C=O) groups excluding carboxylic acids is 1. The average Bonchev–Trinajstić information content (AvgIpc) is 2.95. The summed E-state index contributed by atoms with van der Waals surface area (Å²) in [5, 5.41) is 20.2. The number of thiophene rings is 1. The first-order valence-corrected chi connectivity index (χ1v) is 8.88. The van der Waals surface area contributed by atoms with E-state index in [0.717, 1.165) is 19.8 Å². The van der Waals surface area contributed by atoms with E-state index in [-0.39, 0.29) is 18.3 Å². The highest BCUT2D eigenvalue weighted by molar-refractivity contribution is 9.11. The Bertz CT molecular complexity index is 865. The number of hydrogen-bond donors (Lipinski definition) is 2. The minimum absolute atomic E-state index is 0.0844. The van der Waals surface area contributed by atoms with Gasteiger partial charge in [0.15, 0.2) is 5.96 Å². The zero-order valence-corrected chi connectivity index (χ0v) is 15.6. The molecule has 0 radical (unpaired) electrons. The molecule has 2 N–H and O–H groups in total. The van der Waals surface area contributed by atoms with Crippen molar-refractivity contribution in [3.8, 4) is 17.2 Å². The Morgan fingerprint density at radius 3 is 2.88 bits per heavy atom. The van der Waals surface area contributed by atoms with Crippen molar-refractivity contribution in [1.82, 2.24) is 10.2 Å². The number of rotatable bonds is 2. The van der Waals surface area contributed by atoms with Crippen LogP contribution in [0.25, 0.3) is 11.1 Å². The molecule has 1 saturated heterocycles. The van der Waals surface area contributed by atoms with Gasteiger partial charge in [-0.2, -0.15) is 5.26 Å². The number of carbonyl (C=O) groups is 1. The third-order valence-corrected chi connectivity index (χ3v) is 6.24. The quantitative estimate of drug-likeness (QED) is 0.804. The first-order chi connectivity index (χ1) is 11.3. The molecule has 1 fully saturated rings. The van der Waals surface area contributed by atoms with Crippen LogP contribution < -0.4 is 5.32 Å². The molecule has 2 heterocycles. The normalized spacial score (nSPS) is 20.7. The highest BCUT2D eigenvalue weighted by Gasteiger charge is 2.39. The van der Waals surface area contributed by atoms with E-state index in [1.54, 1.807) is 13.1 Å². The van der Waals surface area contributed by atoms with Gasteiger partial charge in [-0.25, -0.2) is 0 Å². The lowest BCUT2D eigenvalue weighted by atomic mass is 9.92. The van der Waals surface area contributed by atoms with Crippen molar-refractivity contribution in [3.05, 3.63) is 44.6 Å². The summed E-state index contributed by atoms with van der Waals surface area (Å²) < 4.78 is 0.938. The molecule has 2 aromatic rings. The van der Waals surface area contributed by atoms with Crippen LogP contribution in [-0.4, -0.2) is 23.8 Å². The molecule has 1 amide bonds. The Hall–Kier alpha value is -2.17. The molecule has 7 heteroatoms. The van der Waals surface area contributed by atoms with E-state index in [1.165, 1.54) is 16.2 Å². The van der Waals surface area contributed by atoms with Gasteiger partial charge in [-0.05, 0) is 46.6 Å². The van der Waals surface area contributed by atoms with Crippen molar-refractivity contribution in [2.24, 2.45) is 0 Å². The molecule has 1 aliphatic heterocycles. The molecule has 0 spiro atoms. The maximum Gasteiger partial charge on any atom is 0.231 e. The van der Waals surface area contributed by atoms with Crippen molar-refractivity contribution in [3.63, 3.8) is 0 Å². The molecular formula is C17H15BrN4OS. The molecule has 122 valence electrons. The second-order valence-corrected chi connectivity index (χ2v) is 8.30. The zero-order valence-electron chi connectivity index (χ0n) is 13.2. The molecule has 1 atom stereocenters. The summed E-state index contributed by atoms with van der Waals surface area (Å²) in [5.74, 6) is 0.0186. The van der Waals surface area contributed by atoms with E-state index in [0.29, 0.717) is 5.56 Å². The number of halogens is 1. The second kappa shape index (κ2) is 6.04. The molecule has 0 saturated carbocycles. The van der Waals surface area contributed by atoms with Gasteiger partial charge in [0, 0.05) is 17.5 Å². The van der Waals surface area contributed by atoms with Crippen LogP contribution in [0.2, 0.25) is 0 Å². The fourth-order valence-corrected chi connectivity index (χ4v) is 4.55. The van der Waals surface area contributed by atoms with Gasteiger partial charge in [-0.15, -0.1) is 11.3 Å². The molecule has 3 rings (SSSR count). The van der Waals surface area contributed by atoms with E-state index in [4.69, 9.17) is 10.7 Å². The standard InChI is InChI=1S/C17H15BrN4OS/c1-17(8-14(23)22(2)16(20)21-17)13-7-12(15(18)24-13)11-5-3-4-10(6-11)9-19/h3-7H,8H2,1-2H3,(H2,20,21)/t17-/m0/s1. The molecular weight excluding hydrogens is 388 g/mol. The van der Waals surface area contributed by atoms with Crippen molar-refractivity contribution < 1.29 is 4.79 Å². The van der Waals surface area contributed by atoms with Gasteiger partial charge in [0.1, 0.15) is 0 Å². The topological polar surface area (TPSA) is 80.0 Å². The third-order valence-electron chi connectivity index (χ3n) is 4.14. The zero-order chi connectivity index (χ0) is 17.5. The van der Waals surface area contributed by atoms with Crippen molar-refractivity contribution in [1.29, 1.82) is 10.7 Å². The number of amides is 1. The van der Waals surface area contributed by atoms with Crippen LogP contribution in [0.5, 0.6) is 0 Å². The van der Waals surface area contributed by atoms with Gasteiger partial charge in [0.05, 0.1) is 27.4 Å². The van der Waals surface area contributed by atoms with Gasteiger partial charge >= 0.3 is 0 Å². The van der Waals surface area contributed by atoms with Crippen molar-refractivity contribution in [2.75, 3.05) is 7.05 Å². The Balaban J connectivity index is 2.01. The van der Waals surface area contributed by atoms with Gasteiger partial charge in [-0.1, -0.05) is 12.1 Å². The van der Waals surface area contributed by atoms with Crippen LogP contribution in [0.4, 0.5) is 0 Å². The number of nitriles is 1. The lowest BCUT2D eigenvalue weighted by molar-refractivity contribution is -0.129. The first kappa shape index (κ1) is 16.7. The van der Waals surface area contributed by atoms with E-state index in [1.807, 2.05) is 31.2 Å². The van der Waals surface area contributed by atoms with Crippen LogP contribution in [-0.2, 0) is 10.3 Å². The minimum Gasteiger partial charge on any atom is -0.345 e. The second-order valence-electron chi connectivity index (χ2n) is 5.93. The molecule has 1 aliphatic rings. The number of benzene rings is 1. The summed E-state index contributed by atoms with van der Waals surface area (Å²) in [4.78, 5) is 14.4. The lowest BCUT2D eigenvalue weighted by Crippen LogP contribution is -2.57. The molecule has 24 heavy (non-hydrogen) atoms. The summed E-state index contributed by atoms with van der Waals surface area (Å²) in [6.07, 6.45) is 0.288. The number of guanidine groups is 1. The summed E-state index contributed by atoms with van der Waals surface area (Å²) in [6, 6.07) is 11.6. The highest BCUT2D eigenvalue weighted by Crippen LogP contribution is 2.42. The first-order valence-electron chi connectivity index (χ1n) is 7.28. The Morgan fingerprint density at radius 1 is 1.46 bits per heavy atom. The smallest absolute Gasteiger partial charge is 0.231 e. The molecule has 5 nitrogen and oxygen atoms in total. The van der Waals surface area contributed by atoms with Crippen molar-refractivity contribution >= 4 is 39.1 Å². The summed E-state index contributed by atoms with van der Waals surface area (Å²) in [7, 11) is 1.60. The molecule has 1 aromatic heterocycles. The molecule has 0 bridgehead atoms. The van der Waals surface area contributed by atoms with E-state index in [2.05, 4.69) is 27.3 Å². The molecule has 0 unspecified atom stereocenters. The number of nitrogens with zero attached hydrogens (tertiary/aromatic N) is 2. The average molecular weight is 403 g/mol. The summed E-state index contributed by atoms with van der Waals surface area (Å²) >= 11 is 5.13. The van der Waals surface area contributed by atoms with Gasteiger partial charge in [0.2, 0.25) is 5.91 Å². The Labute approximate surface area is 152 Å². The fraction of sp³-hybridized carbons (Fsp3) is 0.235. The predicted molar refractivity (Wildman–Crippen MR) is 97.8 cm³/mol. The minimum atomic E-state index is -0.612. The summed E-state index contributed by atoms with van der Waals surface area (Å²) in [6.45, 7) is 1.93. The molecule has 0 aliphatic carbocycles. The summed E-state index contributed by atoms with van der Waals surface area (Å²) in [5.41, 5.74) is 1.92. The van der Waals surface area contributed by atoms with Crippen molar-refractivity contribution in [2.45, 2.75) is 18.9 Å². The van der Waals surface area contributed by atoms with Crippen LogP contribution in [0, 0.1) is 16.7 Å². The lowest BCUT2D eigenvalue weighted by Gasteiger charge is -2.38. The Morgan fingerprint density at radius 2 is 2.21 bits per heavy atom. The maximum atomic E-state index is 12.1.